The highest BCUT2D eigenvalue weighted by atomic mass is 16.5. The molecule has 1 aliphatic rings. The number of ether oxygens (including phenoxy) is 2. The largest absolute Gasteiger partial charge is 0.469 e. The Labute approximate surface area is 102 Å². The molecular weight excluding hydrogens is 222 g/mol. The molecule has 1 saturated heterocycles. The van der Waals surface area contributed by atoms with Gasteiger partial charge in [-0.15, -0.1) is 0 Å². The molecule has 0 aliphatic carbocycles. The van der Waals surface area contributed by atoms with Gasteiger partial charge in [0.05, 0.1) is 26.1 Å². The molecule has 1 heterocycles. The van der Waals surface area contributed by atoms with E-state index in [-0.39, 0.29) is 24.4 Å². The number of hydrogen-bond acceptors (Lipinski definition) is 4. The van der Waals surface area contributed by atoms with E-state index in [1.165, 1.54) is 7.11 Å². The molecule has 98 valence electrons. The number of carbonyl (C=O) groups is 2. The number of nitrogens with zero attached hydrogens (tertiary/aromatic N) is 1. The summed E-state index contributed by atoms with van der Waals surface area (Å²) in [5.41, 5.74) is 0. The van der Waals surface area contributed by atoms with Gasteiger partial charge in [0, 0.05) is 20.2 Å². The summed E-state index contributed by atoms with van der Waals surface area (Å²) >= 11 is 0. The highest BCUT2D eigenvalue weighted by molar-refractivity contribution is 5.77. The van der Waals surface area contributed by atoms with Crippen LogP contribution in [-0.4, -0.2) is 50.2 Å². The summed E-state index contributed by atoms with van der Waals surface area (Å²) in [6.45, 7) is 1.15. The highest BCUT2D eigenvalue weighted by Crippen LogP contribution is 2.16. The van der Waals surface area contributed by atoms with Crippen LogP contribution < -0.4 is 0 Å². The maximum Gasteiger partial charge on any atom is 0.307 e. The first kappa shape index (κ1) is 14.0. The van der Waals surface area contributed by atoms with Crippen molar-refractivity contribution in [2.45, 2.75) is 38.2 Å². The lowest BCUT2D eigenvalue weighted by molar-refractivity contribution is -0.141. The van der Waals surface area contributed by atoms with Gasteiger partial charge < -0.3 is 14.4 Å². The number of hydrogen-bond donors (Lipinski definition) is 0. The molecule has 1 aliphatic heterocycles. The van der Waals surface area contributed by atoms with Crippen LogP contribution in [0.25, 0.3) is 0 Å². The molecule has 1 amide bonds. The normalized spacial score (nSPS) is 19.8. The second kappa shape index (κ2) is 7.27. The maximum atomic E-state index is 11.8. The molecule has 17 heavy (non-hydrogen) atoms. The lowest BCUT2D eigenvalue weighted by atomic mass is 10.1. The summed E-state index contributed by atoms with van der Waals surface area (Å²) in [5, 5.41) is 0. The van der Waals surface area contributed by atoms with Gasteiger partial charge in [-0.2, -0.15) is 0 Å². The van der Waals surface area contributed by atoms with Crippen molar-refractivity contribution in [3.8, 4) is 0 Å². The lowest BCUT2D eigenvalue weighted by Gasteiger charge is -2.24. The Balaban J connectivity index is 2.23. The Morgan fingerprint density at radius 3 is 2.76 bits per heavy atom. The Kier molecular flexibility index (Phi) is 5.97. The van der Waals surface area contributed by atoms with E-state index in [0.29, 0.717) is 13.0 Å². The Morgan fingerprint density at radius 1 is 1.41 bits per heavy atom. The van der Waals surface area contributed by atoms with Gasteiger partial charge in [-0.3, -0.25) is 9.59 Å². The van der Waals surface area contributed by atoms with Crippen LogP contribution in [0.3, 0.4) is 0 Å². The van der Waals surface area contributed by atoms with E-state index in [2.05, 4.69) is 4.74 Å². The Morgan fingerprint density at radius 2 is 2.18 bits per heavy atom. The Hall–Kier alpha value is -1.10. The van der Waals surface area contributed by atoms with Gasteiger partial charge in [-0.25, -0.2) is 0 Å². The quantitative estimate of drug-likeness (QED) is 0.675. The van der Waals surface area contributed by atoms with Crippen molar-refractivity contribution >= 4 is 11.9 Å². The number of methoxy groups -OCH3 is 1. The third-order valence-electron chi connectivity index (χ3n) is 2.98. The molecule has 0 aromatic carbocycles. The Bertz CT molecular complexity index is 261. The first-order valence-corrected chi connectivity index (χ1v) is 6.06. The summed E-state index contributed by atoms with van der Waals surface area (Å²) in [6.07, 6.45) is 3.88. The molecule has 0 aromatic heterocycles. The van der Waals surface area contributed by atoms with Gasteiger partial charge in [0.15, 0.2) is 0 Å². The SMILES string of the molecule is COC(=O)CCN(C)C(=O)CC1CCCCO1. The van der Waals surface area contributed by atoms with Crippen LogP contribution in [0.2, 0.25) is 0 Å². The summed E-state index contributed by atoms with van der Waals surface area (Å²) in [4.78, 5) is 24.3. The minimum atomic E-state index is -0.293. The number of carbonyl (C=O) groups excluding carboxylic acids is 2. The molecule has 0 aromatic rings. The van der Waals surface area contributed by atoms with Gasteiger partial charge in [0.25, 0.3) is 0 Å². The summed E-state index contributed by atoms with van der Waals surface area (Å²) in [5.74, 6) is -0.264. The fourth-order valence-electron chi connectivity index (χ4n) is 1.80. The minimum absolute atomic E-state index is 0.0285. The van der Waals surface area contributed by atoms with Crippen molar-refractivity contribution in [2.24, 2.45) is 0 Å². The summed E-state index contributed by atoms with van der Waals surface area (Å²) in [7, 11) is 3.05. The smallest absolute Gasteiger partial charge is 0.307 e. The molecule has 1 unspecified atom stereocenters. The predicted molar refractivity (Wildman–Crippen MR) is 62.5 cm³/mol. The zero-order valence-corrected chi connectivity index (χ0v) is 10.6. The standard InChI is InChI=1S/C12H21NO4/c1-13(7-6-12(15)16-2)11(14)9-10-5-3-4-8-17-10/h10H,3-9H2,1-2H3. The topological polar surface area (TPSA) is 55.8 Å². The van der Waals surface area contributed by atoms with E-state index in [1.54, 1.807) is 11.9 Å². The number of rotatable bonds is 5. The van der Waals surface area contributed by atoms with Crippen molar-refractivity contribution in [3.63, 3.8) is 0 Å². The van der Waals surface area contributed by atoms with Gasteiger partial charge >= 0.3 is 5.97 Å². The van der Waals surface area contributed by atoms with Gasteiger partial charge in [-0.1, -0.05) is 0 Å². The maximum absolute atomic E-state index is 11.8. The first-order chi connectivity index (χ1) is 8.13. The van der Waals surface area contributed by atoms with Crippen LogP contribution in [0.5, 0.6) is 0 Å². The average molecular weight is 243 g/mol. The van der Waals surface area contributed by atoms with Crippen LogP contribution in [-0.2, 0) is 19.1 Å². The molecule has 5 nitrogen and oxygen atoms in total. The molecule has 1 rings (SSSR count). The zero-order chi connectivity index (χ0) is 12.7. The third-order valence-corrected chi connectivity index (χ3v) is 2.98. The van der Waals surface area contributed by atoms with E-state index in [9.17, 15) is 9.59 Å². The molecule has 0 radical (unpaired) electrons. The zero-order valence-electron chi connectivity index (χ0n) is 10.6. The fourth-order valence-corrected chi connectivity index (χ4v) is 1.80. The molecule has 0 N–H and O–H groups in total. The van der Waals surface area contributed by atoms with Crippen molar-refractivity contribution in [1.29, 1.82) is 0 Å². The molecular formula is C12H21NO4. The van der Waals surface area contributed by atoms with Crippen LogP contribution in [0.1, 0.15) is 32.1 Å². The van der Waals surface area contributed by atoms with Crippen LogP contribution in [0.4, 0.5) is 0 Å². The summed E-state index contributed by atoms with van der Waals surface area (Å²) in [6, 6.07) is 0. The number of amides is 1. The first-order valence-electron chi connectivity index (χ1n) is 6.06. The van der Waals surface area contributed by atoms with Crippen LogP contribution in [0.15, 0.2) is 0 Å². The lowest BCUT2D eigenvalue weighted by Crippen LogP contribution is -2.33. The van der Waals surface area contributed by atoms with Crippen molar-refractivity contribution < 1.29 is 19.1 Å². The monoisotopic (exact) mass is 243 g/mol. The molecule has 1 fully saturated rings. The molecule has 5 heteroatoms. The van der Waals surface area contributed by atoms with Crippen molar-refractivity contribution in [1.82, 2.24) is 4.90 Å². The van der Waals surface area contributed by atoms with Gasteiger partial charge in [0.1, 0.15) is 0 Å². The second-order valence-electron chi connectivity index (χ2n) is 4.33. The fraction of sp³-hybridized carbons (Fsp3) is 0.833. The minimum Gasteiger partial charge on any atom is -0.469 e. The van der Waals surface area contributed by atoms with Gasteiger partial charge in [0.2, 0.25) is 5.91 Å². The van der Waals surface area contributed by atoms with E-state index in [4.69, 9.17) is 4.74 Å². The predicted octanol–water partition coefficient (Wildman–Crippen LogP) is 0.967. The van der Waals surface area contributed by atoms with Crippen LogP contribution >= 0.6 is 0 Å². The summed E-state index contributed by atoms with van der Waals surface area (Å²) < 4.78 is 10.0. The number of esters is 1. The van der Waals surface area contributed by atoms with E-state index in [1.807, 2.05) is 0 Å². The van der Waals surface area contributed by atoms with E-state index in [0.717, 1.165) is 25.9 Å². The molecule has 1 atom stereocenters. The van der Waals surface area contributed by atoms with Crippen molar-refractivity contribution in [2.75, 3.05) is 27.3 Å². The van der Waals surface area contributed by atoms with E-state index < -0.39 is 0 Å². The second-order valence-corrected chi connectivity index (χ2v) is 4.33. The highest BCUT2D eigenvalue weighted by Gasteiger charge is 2.20. The average Bonchev–Trinajstić information content (AvgIpc) is 2.36. The molecule has 0 bridgehead atoms. The van der Waals surface area contributed by atoms with Crippen molar-refractivity contribution in [3.05, 3.63) is 0 Å². The van der Waals surface area contributed by atoms with Crippen LogP contribution in [0, 0.1) is 0 Å². The third kappa shape index (κ3) is 5.17. The van der Waals surface area contributed by atoms with Gasteiger partial charge in [-0.05, 0) is 19.3 Å². The molecule has 0 spiro atoms. The molecule has 0 saturated carbocycles. The van der Waals surface area contributed by atoms with E-state index >= 15 is 0 Å².